The Balaban J connectivity index is 2.85. The van der Waals surface area contributed by atoms with E-state index in [0.717, 1.165) is 0 Å². The monoisotopic (exact) mass is 211 g/mol. The second-order valence-corrected chi connectivity index (χ2v) is 3.40. The molecule has 1 aromatic carbocycles. The fraction of sp³-hybridized carbons (Fsp3) is 0.300. The summed E-state index contributed by atoms with van der Waals surface area (Å²) in [6, 6.07) is 4.07. The number of hydrazine groups is 1. The maximum absolute atomic E-state index is 13.3. The first-order valence-corrected chi connectivity index (χ1v) is 4.49. The molecule has 0 radical (unpaired) electrons. The summed E-state index contributed by atoms with van der Waals surface area (Å²) in [4.78, 5) is 10.9. The number of nitrogens with zero attached hydrogens (tertiary/aromatic N) is 1. The van der Waals surface area contributed by atoms with Crippen LogP contribution in [0, 0.1) is 5.82 Å². The van der Waals surface area contributed by atoms with Crippen molar-refractivity contribution in [3.8, 4) is 0 Å². The normalized spacial score (nSPS) is 10.7. The third-order valence-corrected chi connectivity index (χ3v) is 1.92. The van der Waals surface area contributed by atoms with Gasteiger partial charge < -0.3 is 5.73 Å². The third kappa shape index (κ3) is 3.30. The third-order valence-electron chi connectivity index (χ3n) is 1.92. The molecule has 4 nitrogen and oxygen atoms in total. The lowest BCUT2D eigenvalue weighted by Gasteiger charge is -2.12. The van der Waals surface area contributed by atoms with Crippen molar-refractivity contribution in [2.45, 2.75) is 6.54 Å². The molecule has 1 amide bonds. The van der Waals surface area contributed by atoms with Gasteiger partial charge >= 0.3 is 0 Å². The first-order valence-electron chi connectivity index (χ1n) is 4.49. The predicted molar refractivity (Wildman–Crippen MR) is 55.4 cm³/mol. The van der Waals surface area contributed by atoms with Crippen molar-refractivity contribution in [1.82, 2.24) is 10.4 Å². The Kier molecular flexibility index (Phi) is 3.76. The number of carbonyl (C=O) groups is 1. The molecule has 0 aromatic heterocycles. The van der Waals surface area contributed by atoms with E-state index in [9.17, 15) is 9.18 Å². The molecule has 0 fully saturated rings. The van der Waals surface area contributed by atoms with Crippen molar-refractivity contribution >= 4 is 5.91 Å². The maximum Gasteiger partial charge on any atom is 0.248 e. The molecule has 0 aliphatic carbocycles. The number of amides is 1. The largest absolute Gasteiger partial charge is 0.366 e. The average molecular weight is 211 g/mol. The molecule has 0 atom stereocenters. The van der Waals surface area contributed by atoms with E-state index in [2.05, 4.69) is 5.43 Å². The quantitative estimate of drug-likeness (QED) is 0.713. The second kappa shape index (κ2) is 4.86. The average Bonchev–Trinajstić information content (AvgIpc) is 2.16. The highest BCUT2D eigenvalue weighted by Gasteiger charge is 2.06. The number of hydrogen-bond donors (Lipinski definition) is 2. The molecular weight excluding hydrogens is 197 g/mol. The summed E-state index contributed by atoms with van der Waals surface area (Å²) < 4.78 is 13.3. The van der Waals surface area contributed by atoms with Gasteiger partial charge in [-0.3, -0.25) is 15.2 Å². The zero-order valence-electron chi connectivity index (χ0n) is 8.75. The van der Waals surface area contributed by atoms with Crippen LogP contribution in [-0.4, -0.2) is 25.0 Å². The first kappa shape index (κ1) is 11.6. The molecule has 0 heterocycles. The number of carbonyl (C=O) groups excluding carboxylic acids is 1. The molecule has 0 aliphatic rings. The van der Waals surface area contributed by atoms with Crippen LogP contribution in [0.1, 0.15) is 15.9 Å². The van der Waals surface area contributed by atoms with Crippen LogP contribution in [0.15, 0.2) is 18.2 Å². The molecule has 5 heteroatoms. The van der Waals surface area contributed by atoms with E-state index in [-0.39, 0.29) is 5.82 Å². The molecule has 1 aromatic rings. The molecule has 0 saturated heterocycles. The summed E-state index contributed by atoms with van der Waals surface area (Å²) in [5.41, 5.74) is 8.74. The summed E-state index contributed by atoms with van der Waals surface area (Å²) in [6.45, 7) is 0.319. The van der Waals surface area contributed by atoms with Crippen LogP contribution in [-0.2, 0) is 6.54 Å². The van der Waals surface area contributed by atoms with Crippen molar-refractivity contribution in [2.75, 3.05) is 14.1 Å². The summed E-state index contributed by atoms with van der Waals surface area (Å²) in [5, 5.41) is 1.70. The Morgan fingerprint density at radius 1 is 1.53 bits per heavy atom. The summed E-state index contributed by atoms with van der Waals surface area (Å²) in [6.07, 6.45) is 0. The van der Waals surface area contributed by atoms with Crippen molar-refractivity contribution in [3.63, 3.8) is 0 Å². The van der Waals surface area contributed by atoms with Crippen LogP contribution in [0.2, 0.25) is 0 Å². The van der Waals surface area contributed by atoms with E-state index >= 15 is 0 Å². The number of primary amides is 1. The van der Waals surface area contributed by atoms with Gasteiger partial charge in [0.25, 0.3) is 0 Å². The van der Waals surface area contributed by atoms with Gasteiger partial charge in [0, 0.05) is 31.8 Å². The van der Waals surface area contributed by atoms with Gasteiger partial charge in [0.05, 0.1) is 0 Å². The zero-order chi connectivity index (χ0) is 11.4. The summed E-state index contributed by atoms with van der Waals surface area (Å²) >= 11 is 0. The van der Waals surface area contributed by atoms with Gasteiger partial charge in [0.2, 0.25) is 5.91 Å². The minimum absolute atomic E-state index is 0.312. The highest BCUT2D eigenvalue weighted by Crippen LogP contribution is 2.10. The molecule has 82 valence electrons. The lowest BCUT2D eigenvalue weighted by molar-refractivity contribution is 0.1000. The molecule has 1 rings (SSSR count). The minimum Gasteiger partial charge on any atom is -0.366 e. The fourth-order valence-corrected chi connectivity index (χ4v) is 1.11. The highest BCUT2D eigenvalue weighted by molar-refractivity contribution is 5.92. The fourth-order valence-electron chi connectivity index (χ4n) is 1.11. The Morgan fingerprint density at radius 2 is 2.20 bits per heavy atom. The van der Waals surface area contributed by atoms with E-state index < -0.39 is 5.91 Å². The predicted octanol–water partition coefficient (Wildman–Crippen LogP) is 0.491. The van der Waals surface area contributed by atoms with Crippen LogP contribution in [0.3, 0.4) is 0 Å². The standard InChI is InChI=1S/C10H14FN3O/c1-14(2)13-6-8-5-7(10(12)15)3-4-9(8)11/h3-5,13H,6H2,1-2H3,(H2,12,15). The van der Waals surface area contributed by atoms with Gasteiger partial charge in [-0.15, -0.1) is 0 Å². The lowest BCUT2D eigenvalue weighted by atomic mass is 10.1. The second-order valence-electron chi connectivity index (χ2n) is 3.40. The van der Waals surface area contributed by atoms with Gasteiger partial charge in [0.1, 0.15) is 5.82 Å². The SMILES string of the molecule is CN(C)NCc1cc(C(N)=O)ccc1F. The van der Waals surface area contributed by atoms with Crippen LogP contribution < -0.4 is 11.2 Å². The number of halogens is 1. The Hall–Kier alpha value is -1.46. The lowest BCUT2D eigenvalue weighted by Crippen LogP contribution is -2.30. The molecule has 0 saturated carbocycles. The summed E-state index contributed by atoms with van der Waals surface area (Å²) in [5.74, 6) is -0.907. The Labute approximate surface area is 87.8 Å². The van der Waals surface area contributed by atoms with E-state index in [0.29, 0.717) is 17.7 Å². The van der Waals surface area contributed by atoms with Crippen molar-refractivity contribution in [3.05, 3.63) is 35.1 Å². The number of nitrogens with two attached hydrogens (primary N) is 1. The van der Waals surface area contributed by atoms with Crippen molar-refractivity contribution < 1.29 is 9.18 Å². The van der Waals surface area contributed by atoms with Crippen LogP contribution >= 0.6 is 0 Å². The van der Waals surface area contributed by atoms with Gasteiger partial charge in [-0.05, 0) is 18.2 Å². The molecule has 3 N–H and O–H groups in total. The highest BCUT2D eigenvalue weighted by atomic mass is 19.1. The van der Waals surface area contributed by atoms with Crippen molar-refractivity contribution in [2.24, 2.45) is 5.73 Å². The van der Waals surface area contributed by atoms with Crippen LogP contribution in [0.5, 0.6) is 0 Å². The molecular formula is C10H14FN3O. The molecule has 0 unspecified atom stereocenters. The smallest absolute Gasteiger partial charge is 0.248 e. The summed E-state index contributed by atoms with van der Waals surface area (Å²) in [7, 11) is 3.60. The van der Waals surface area contributed by atoms with E-state index in [1.54, 1.807) is 19.1 Å². The maximum atomic E-state index is 13.3. The van der Waals surface area contributed by atoms with E-state index in [4.69, 9.17) is 5.73 Å². The number of rotatable bonds is 4. The Morgan fingerprint density at radius 3 is 2.73 bits per heavy atom. The Bertz CT molecular complexity index is 366. The van der Waals surface area contributed by atoms with Crippen molar-refractivity contribution in [1.29, 1.82) is 0 Å². The van der Waals surface area contributed by atoms with E-state index in [1.807, 2.05) is 0 Å². The molecule has 0 spiro atoms. The first-order chi connectivity index (χ1) is 7.00. The van der Waals surface area contributed by atoms with Gasteiger partial charge in [-0.25, -0.2) is 4.39 Å². The molecule has 0 bridgehead atoms. The van der Waals surface area contributed by atoms with Gasteiger partial charge in [0.15, 0.2) is 0 Å². The number of hydrogen-bond acceptors (Lipinski definition) is 3. The number of benzene rings is 1. The number of nitrogens with one attached hydrogen (secondary N) is 1. The van der Waals surface area contributed by atoms with Gasteiger partial charge in [-0.2, -0.15) is 0 Å². The van der Waals surface area contributed by atoms with E-state index in [1.165, 1.54) is 18.2 Å². The molecule has 0 aliphatic heterocycles. The zero-order valence-corrected chi connectivity index (χ0v) is 8.75. The van der Waals surface area contributed by atoms with Crippen LogP contribution in [0.4, 0.5) is 4.39 Å². The molecule has 15 heavy (non-hydrogen) atoms. The van der Waals surface area contributed by atoms with Gasteiger partial charge in [-0.1, -0.05) is 0 Å². The minimum atomic E-state index is -0.555. The van der Waals surface area contributed by atoms with Crippen LogP contribution in [0.25, 0.3) is 0 Å². The topological polar surface area (TPSA) is 58.4 Å².